The van der Waals surface area contributed by atoms with Gasteiger partial charge >= 0.3 is 5.97 Å². The fourth-order valence-corrected chi connectivity index (χ4v) is 2.39. The number of ether oxygens (including phenoxy) is 1. The number of rotatable bonds is 5. The predicted molar refractivity (Wildman–Crippen MR) is 84.1 cm³/mol. The summed E-state index contributed by atoms with van der Waals surface area (Å²) in [6.07, 6.45) is 0.407. The van der Waals surface area contributed by atoms with E-state index in [0.717, 1.165) is 5.52 Å². The maximum atomic E-state index is 12.0. The van der Waals surface area contributed by atoms with E-state index in [-0.39, 0.29) is 24.5 Å². The summed E-state index contributed by atoms with van der Waals surface area (Å²) in [5, 5.41) is 4.17. The van der Waals surface area contributed by atoms with Crippen molar-refractivity contribution in [2.75, 3.05) is 0 Å². The molecule has 0 fully saturated rings. The van der Waals surface area contributed by atoms with Gasteiger partial charge in [-0.1, -0.05) is 17.3 Å². The van der Waals surface area contributed by atoms with Crippen molar-refractivity contribution in [3.63, 3.8) is 0 Å². The second-order valence-corrected chi connectivity index (χ2v) is 5.31. The quantitative estimate of drug-likeness (QED) is 0.651. The number of esters is 1. The van der Waals surface area contributed by atoms with E-state index in [1.807, 2.05) is 23.7 Å². The van der Waals surface area contributed by atoms with Crippen molar-refractivity contribution in [1.29, 1.82) is 0 Å². The molecule has 0 N–H and O–H groups in total. The van der Waals surface area contributed by atoms with Crippen LogP contribution in [0.5, 0.6) is 0 Å². The maximum Gasteiger partial charge on any atom is 0.306 e. The van der Waals surface area contributed by atoms with Crippen molar-refractivity contribution >= 4 is 16.9 Å². The molecule has 0 bridgehead atoms. The first-order valence-electron chi connectivity index (χ1n) is 7.44. The SMILES string of the molecule is Cc1noc(COC(=O)CCc2nc(=O)c3ccccc3n2C)n1. The summed E-state index contributed by atoms with van der Waals surface area (Å²) in [4.78, 5) is 31.9. The van der Waals surface area contributed by atoms with Crippen LogP contribution < -0.4 is 5.56 Å². The molecule has 1 aromatic carbocycles. The molecular formula is C16H16N4O4. The molecule has 2 heterocycles. The summed E-state index contributed by atoms with van der Waals surface area (Å²) in [5.74, 6) is 0.839. The molecule has 0 atom stereocenters. The zero-order valence-corrected chi connectivity index (χ0v) is 13.4. The Kier molecular flexibility index (Phi) is 4.37. The Bertz CT molecular complexity index is 945. The van der Waals surface area contributed by atoms with Gasteiger partial charge in [0.15, 0.2) is 12.4 Å². The van der Waals surface area contributed by atoms with Gasteiger partial charge in [-0.25, -0.2) is 0 Å². The second kappa shape index (κ2) is 6.61. The van der Waals surface area contributed by atoms with Crippen LogP contribution in [0.1, 0.15) is 24.0 Å². The first-order chi connectivity index (χ1) is 11.5. The molecule has 0 saturated heterocycles. The zero-order valence-electron chi connectivity index (χ0n) is 13.4. The number of carbonyl (C=O) groups is 1. The smallest absolute Gasteiger partial charge is 0.306 e. The van der Waals surface area contributed by atoms with Gasteiger partial charge in [0.25, 0.3) is 11.4 Å². The highest BCUT2D eigenvalue weighted by atomic mass is 16.6. The number of aryl methyl sites for hydroxylation is 3. The molecule has 0 saturated carbocycles. The minimum Gasteiger partial charge on any atom is -0.456 e. The van der Waals surface area contributed by atoms with Crippen LogP contribution in [0.25, 0.3) is 10.9 Å². The minimum absolute atomic E-state index is 0.0657. The van der Waals surface area contributed by atoms with E-state index in [9.17, 15) is 9.59 Å². The zero-order chi connectivity index (χ0) is 17.1. The number of hydrogen-bond acceptors (Lipinski definition) is 7. The average molecular weight is 328 g/mol. The Morgan fingerprint density at radius 1 is 1.29 bits per heavy atom. The average Bonchev–Trinajstić information content (AvgIpc) is 3.00. The summed E-state index contributed by atoms with van der Waals surface area (Å²) >= 11 is 0. The highest BCUT2D eigenvalue weighted by Gasteiger charge is 2.12. The normalized spacial score (nSPS) is 10.9. The van der Waals surface area contributed by atoms with E-state index in [1.165, 1.54) is 0 Å². The molecule has 124 valence electrons. The molecule has 8 heteroatoms. The lowest BCUT2D eigenvalue weighted by Crippen LogP contribution is -2.18. The molecular weight excluding hydrogens is 312 g/mol. The molecule has 0 radical (unpaired) electrons. The lowest BCUT2D eigenvalue weighted by Gasteiger charge is -2.10. The minimum atomic E-state index is -0.423. The molecule has 0 aliphatic rings. The van der Waals surface area contributed by atoms with Gasteiger partial charge in [0.1, 0.15) is 5.82 Å². The third-order valence-electron chi connectivity index (χ3n) is 3.59. The van der Waals surface area contributed by atoms with Crippen LogP contribution in [0.3, 0.4) is 0 Å². The number of para-hydroxylation sites is 1. The highest BCUT2D eigenvalue weighted by molar-refractivity contribution is 5.78. The third-order valence-corrected chi connectivity index (χ3v) is 3.59. The largest absolute Gasteiger partial charge is 0.456 e. The Labute approximate surface area is 137 Å². The van der Waals surface area contributed by atoms with Gasteiger partial charge in [-0.3, -0.25) is 9.59 Å². The van der Waals surface area contributed by atoms with Crippen LogP contribution in [0.4, 0.5) is 0 Å². The van der Waals surface area contributed by atoms with Gasteiger partial charge in [0, 0.05) is 13.5 Å². The number of hydrogen-bond donors (Lipinski definition) is 0. The second-order valence-electron chi connectivity index (χ2n) is 5.31. The van der Waals surface area contributed by atoms with Crippen molar-refractivity contribution in [1.82, 2.24) is 19.7 Å². The van der Waals surface area contributed by atoms with Crippen LogP contribution >= 0.6 is 0 Å². The van der Waals surface area contributed by atoms with E-state index >= 15 is 0 Å². The van der Waals surface area contributed by atoms with Crippen LogP contribution in [0.2, 0.25) is 0 Å². The lowest BCUT2D eigenvalue weighted by atomic mass is 10.2. The molecule has 24 heavy (non-hydrogen) atoms. The van der Waals surface area contributed by atoms with Gasteiger partial charge in [-0.2, -0.15) is 9.97 Å². The van der Waals surface area contributed by atoms with Crippen LogP contribution in [-0.2, 0) is 29.6 Å². The molecule has 3 aromatic rings. The summed E-state index contributed by atoms with van der Waals surface area (Å²) in [6, 6.07) is 7.22. The number of nitrogens with zero attached hydrogens (tertiary/aromatic N) is 4. The monoisotopic (exact) mass is 328 g/mol. The van der Waals surface area contributed by atoms with Crippen LogP contribution in [0, 0.1) is 6.92 Å². The van der Waals surface area contributed by atoms with Crippen molar-refractivity contribution in [2.45, 2.75) is 26.4 Å². The third kappa shape index (κ3) is 3.32. The Morgan fingerprint density at radius 2 is 2.08 bits per heavy atom. The van der Waals surface area contributed by atoms with E-state index < -0.39 is 5.97 Å². The first kappa shape index (κ1) is 15.9. The van der Waals surface area contributed by atoms with Crippen LogP contribution in [0.15, 0.2) is 33.6 Å². The molecule has 2 aromatic heterocycles. The van der Waals surface area contributed by atoms with Crippen molar-refractivity contribution < 1.29 is 14.1 Å². The van der Waals surface area contributed by atoms with Gasteiger partial charge in [0.05, 0.1) is 17.3 Å². The van der Waals surface area contributed by atoms with Crippen LogP contribution in [-0.4, -0.2) is 25.7 Å². The Balaban J connectivity index is 1.66. The summed E-state index contributed by atoms with van der Waals surface area (Å²) in [5.41, 5.74) is 0.482. The Hall–Kier alpha value is -3.03. The van der Waals surface area contributed by atoms with Gasteiger partial charge in [0.2, 0.25) is 0 Å². The fraction of sp³-hybridized carbons (Fsp3) is 0.312. The van der Waals surface area contributed by atoms with Gasteiger partial charge < -0.3 is 13.8 Å². The number of benzene rings is 1. The van der Waals surface area contributed by atoms with Crippen molar-refractivity contribution in [2.24, 2.45) is 7.05 Å². The fourth-order valence-electron chi connectivity index (χ4n) is 2.39. The lowest BCUT2D eigenvalue weighted by molar-refractivity contribution is -0.145. The molecule has 0 unspecified atom stereocenters. The summed E-state index contributed by atoms with van der Waals surface area (Å²) in [6.45, 7) is 1.62. The molecule has 0 aliphatic heterocycles. The molecule has 0 aliphatic carbocycles. The summed E-state index contributed by atoms with van der Waals surface area (Å²) in [7, 11) is 1.82. The summed E-state index contributed by atoms with van der Waals surface area (Å²) < 4.78 is 11.7. The molecule has 0 amide bonds. The van der Waals surface area contributed by atoms with E-state index in [0.29, 0.717) is 23.5 Å². The van der Waals surface area contributed by atoms with E-state index in [1.54, 1.807) is 19.1 Å². The molecule has 8 nitrogen and oxygen atoms in total. The standard InChI is InChI=1S/C16H16N4O4/c1-10-17-14(24-19-10)9-23-15(21)8-7-13-18-16(22)11-5-3-4-6-12(11)20(13)2/h3-6H,7-9H2,1-2H3. The van der Waals surface area contributed by atoms with Gasteiger partial charge in [-0.05, 0) is 19.1 Å². The van der Waals surface area contributed by atoms with Crippen molar-refractivity contribution in [3.8, 4) is 0 Å². The number of carbonyl (C=O) groups excluding carboxylic acids is 1. The number of aromatic nitrogens is 4. The number of fused-ring (bicyclic) bond motifs is 1. The maximum absolute atomic E-state index is 12.0. The van der Waals surface area contributed by atoms with Gasteiger partial charge in [-0.15, -0.1) is 0 Å². The predicted octanol–water partition coefficient (Wildman–Crippen LogP) is 1.30. The highest BCUT2D eigenvalue weighted by Crippen LogP contribution is 2.11. The van der Waals surface area contributed by atoms with Crippen molar-refractivity contribution in [3.05, 3.63) is 52.2 Å². The first-order valence-corrected chi connectivity index (χ1v) is 7.44. The topological polar surface area (TPSA) is 100 Å². The van der Waals surface area contributed by atoms with E-state index in [4.69, 9.17) is 9.26 Å². The van der Waals surface area contributed by atoms with E-state index in [2.05, 4.69) is 15.1 Å². The Morgan fingerprint density at radius 3 is 2.83 bits per heavy atom. The molecule has 3 rings (SSSR count). The molecule has 0 spiro atoms.